The van der Waals surface area contributed by atoms with Crippen LogP contribution < -0.4 is 10.5 Å². The van der Waals surface area contributed by atoms with Crippen LogP contribution in [0.4, 0.5) is 0 Å². The number of rotatable bonds is 5. The monoisotopic (exact) mass is 480 g/mol. The van der Waals surface area contributed by atoms with E-state index in [9.17, 15) is 8.42 Å². The molecule has 142 valence electrons. The van der Waals surface area contributed by atoms with Crippen LogP contribution in [0.3, 0.4) is 0 Å². The Balaban J connectivity index is 0.00000312. The molecule has 6 nitrogen and oxygen atoms in total. The van der Waals surface area contributed by atoms with Crippen molar-refractivity contribution in [1.82, 2.24) is 10.2 Å². The van der Waals surface area contributed by atoms with Crippen LogP contribution in [0.5, 0.6) is 0 Å². The molecule has 1 fully saturated rings. The number of hydrogen-bond acceptors (Lipinski definition) is 3. The number of guanidine groups is 1. The zero-order valence-electron chi connectivity index (χ0n) is 15.1. The highest BCUT2D eigenvalue weighted by molar-refractivity contribution is 14.0. The Morgan fingerprint density at radius 2 is 2.00 bits per heavy atom. The molecule has 1 aromatic carbocycles. The number of benzene rings is 1. The normalized spacial score (nSPS) is 18.4. The first-order valence-corrected chi connectivity index (χ1v) is 9.91. The van der Waals surface area contributed by atoms with Crippen molar-refractivity contribution in [2.75, 3.05) is 20.1 Å². The third kappa shape index (κ3) is 6.74. The van der Waals surface area contributed by atoms with Gasteiger partial charge in [0.2, 0.25) is 10.0 Å². The molecule has 8 heteroatoms. The number of hydrogen-bond donors (Lipinski definition) is 2. The van der Waals surface area contributed by atoms with E-state index in [1.54, 1.807) is 19.2 Å². The zero-order valence-corrected chi connectivity index (χ0v) is 18.3. The topological polar surface area (TPSA) is 87.8 Å². The minimum absolute atomic E-state index is 0. The maximum atomic E-state index is 11.3. The Bertz CT molecular complexity index is 674. The Morgan fingerprint density at radius 3 is 2.52 bits per heavy atom. The van der Waals surface area contributed by atoms with E-state index in [0.717, 1.165) is 36.4 Å². The number of nitrogens with zero attached hydrogens (tertiary/aromatic N) is 2. The smallest absolute Gasteiger partial charge is 0.238 e. The fourth-order valence-electron chi connectivity index (χ4n) is 3.19. The van der Waals surface area contributed by atoms with E-state index in [4.69, 9.17) is 5.14 Å². The highest BCUT2D eigenvalue weighted by Crippen LogP contribution is 2.23. The molecule has 1 heterocycles. The summed E-state index contributed by atoms with van der Waals surface area (Å²) in [5, 5.41) is 8.47. The first kappa shape index (κ1) is 22.2. The van der Waals surface area contributed by atoms with Crippen LogP contribution in [-0.4, -0.2) is 39.4 Å². The fourth-order valence-corrected chi connectivity index (χ4v) is 3.71. The number of nitrogens with two attached hydrogens (primary N) is 1. The number of halogens is 1. The van der Waals surface area contributed by atoms with Gasteiger partial charge in [0.1, 0.15) is 0 Å². The number of aliphatic imine (C=N–C) groups is 1. The predicted molar refractivity (Wildman–Crippen MR) is 113 cm³/mol. The molecule has 0 radical (unpaired) electrons. The summed E-state index contributed by atoms with van der Waals surface area (Å²) in [5.74, 6) is 2.36. The molecule has 1 unspecified atom stereocenters. The Labute approximate surface area is 168 Å². The van der Waals surface area contributed by atoms with Gasteiger partial charge < -0.3 is 10.2 Å². The lowest BCUT2D eigenvalue weighted by molar-refractivity contribution is 0.403. The van der Waals surface area contributed by atoms with E-state index in [1.165, 1.54) is 25.0 Å². The molecule has 0 amide bonds. The number of likely N-dealkylation sites (tertiary alicyclic amines) is 1. The maximum Gasteiger partial charge on any atom is 0.238 e. The standard InChI is InChI=1S/C17H28N4O2S.HI/c1-13(2)10-15-8-9-21(12-15)17(19-3)20-11-14-4-6-16(7-5-14)24(18,22)23;/h4-7,13,15H,8-12H2,1-3H3,(H,19,20)(H2,18,22,23);1H. The summed E-state index contributed by atoms with van der Waals surface area (Å²) in [7, 11) is -1.84. The minimum atomic E-state index is -3.64. The van der Waals surface area contributed by atoms with Gasteiger partial charge in [-0.15, -0.1) is 24.0 Å². The van der Waals surface area contributed by atoms with Gasteiger partial charge in [0.05, 0.1) is 4.90 Å². The van der Waals surface area contributed by atoms with E-state index >= 15 is 0 Å². The Morgan fingerprint density at radius 1 is 1.36 bits per heavy atom. The molecule has 1 atom stereocenters. The van der Waals surface area contributed by atoms with Gasteiger partial charge in [-0.25, -0.2) is 13.6 Å². The van der Waals surface area contributed by atoms with Crippen LogP contribution in [0, 0.1) is 11.8 Å². The van der Waals surface area contributed by atoms with Crippen molar-refractivity contribution in [3.8, 4) is 0 Å². The Hall–Kier alpha value is -0.870. The number of sulfonamides is 1. The molecular formula is C17H29IN4O2S. The molecule has 1 aliphatic heterocycles. The third-order valence-electron chi connectivity index (χ3n) is 4.30. The van der Waals surface area contributed by atoms with Crippen molar-refractivity contribution < 1.29 is 8.42 Å². The summed E-state index contributed by atoms with van der Waals surface area (Å²) in [4.78, 5) is 6.80. The van der Waals surface area contributed by atoms with Crippen molar-refractivity contribution in [2.45, 2.75) is 38.1 Å². The van der Waals surface area contributed by atoms with Gasteiger partial charge in [-0.1, -0.05) is 26.0 Å². The molecule has 3 N–H and O–H groups in total. The van der Waals surface area contributed by atoms with Crippen molar-refractivity contribution in [2.24, 2.45) is 22.0 Å². The van der Waals surface area contributed by atoms with E-state index in [1.807, 2.05) is 0 Å². The lowest BCUT2D eigenvalue weighted by atomic mass is 9.97. The number of nitrogens with one attached hydrogen (secondary N) is 1. The first-order valence-electron chi connectivity index (χ1n) is 8.37. The van der Waals surface area contributed by atoms with Crippen molar-refractivity contribution in [3.63, 3.8) is 0 Å². The highest BCUT2D eigenvalue weighted by Gasteiger charge is 2.25. The second-order valence-corrected chi connectivity index (χ2v) is 8.38. The van der Waals surface area contributed by atoms with Gasteiger partial charge in [0, 0.05) is 26.7 Å². The second-order valence-electron chi connectivity index (χ2n) is 6.82. The van der Waals surface area contributed by atoms with Crippen molar-refractivity contribution >= 4 is 40.0 Å². The maximum absolute atomic E-state index is 11.3. The van der Waals surface area contributed by atoms with E-state index in [0.29, 0.717) is 6.54 Å². The average Bonchev–Trinajstić information content (AvgIpc) is 2.95. The van der Waals surface area contributed by atoms with E-state index in [2.05, 4.69) is 29.1 Å². The average molecular weight is 480 g/mol. The van der Waals surface area contributed by atoms with Crippen LogP contribution in [0.2, 0.25) is 0 Å². The quantitative estimate of drug-likeness (QED) is 0.385. The van der Waals surface area contributed by atoms with Crippen LogP contribution in [0.25, 0.3) is 0 Å². The van der Waals surface area contributed by atoms with Gasteiger partial charge in [-0.2, -0.15) is 0 Å². The molecule has 0 spiro atoms. The summed E-state index contributed by atoms with van der Waals surface area (Å²) < 4.78 is 22.5. The summed E-state index contributed by atoms with van der Waals surface area (Å²) in [6.45, 7) is 7.20. The van der Waals surface area contributed by atoms with Crippen LogP contribution >= 0.6 is 24.0 Å². The lowest BCUT2D eigenvalue weighted by Gasteiger charge is -2.22. The largest absolute Gasteiger partial charge is 0.352 e. The molecule has 0 saturated carbocycles. The first-order chi connectivity index (χ1) is 11.3. The Kier molecular flexibility index (Phi) is 8.62. The molecule has 0 aliphatic carbocycles. The van der Waals surface area contributed by atoms with Crippen molar-refractivity contribution in [3.05, 3.63) is 29.8 Å². The van der Waals surface area contributed by atoms with Crippen LogP contribution in [0.15, 0.2) is 34.2 Å². The van der Waals surface area contributed by atoms with Crippen LogP contribution in [0.1, 0.15) is 32.3 Å². The zero-order chi connectivity index (χ0) is 17.7. The van der Waals surface area contributed by atoms with Gasteiger partial charge >= 0.3 is 0 Å². The molecule has 2 rings (SSSR count). The summed E-state index contributed by atoms with van der Waals surface area (Å²) in [6, 6.07) is 6.60. The van der Waals surface area contributed by atoms with Gasteiger partial charge in [0.15, 0.2) is 5.96 Å². The second kappa shape index (κ2) is 9.72. The molecule has 1 aliphatic rings. The lowest BCUT2D eigenvalue weighted by Crippen LogP contribution is -2.39. The summed E-state index contributed by atoms with van der Waals surface area (Å²) >= 11 is 0. The fraction of sp³-hybridized carbons (Fsp3) is 0.588. The molecule has 0 bridgehead atoms. The van der Waals surface area contributed by atoms with Gasteiger partial charge in [-0.05, 0) is 42.4 Å². The molecule has 1 aromatic rings. The highest BCUT2D eigenvalue weighted by atomic mass is 127. The SMILES string of the molecule is CN=C(NCc1ccc(S(N)(=O)=O)cc1)N1CCC(CC(C)C)C1.I. The summed E-state index contributed by atoms with van der Waals surface area (Å²) in [5.41, 5.74) is 0.987. The van der Waals surface area contributed by atoms with Crippen LogP contribution in [-0.2, 0) is 16.6 Å². The van der Waals surface area contributed by atoms with E-state index in [-0.39, 0.29) is 28.9 Å². The van der Waals surface area contributed by atoms with Gasteiger partial charge in [-0.3, -0.25) is 4.99 Å². The minimum Gasteiger partial charge on any atom is -0.352 e. The molecular weight excluding hydrogens is 451 g/mol. The molecule has 25 heavy (non-hydrogen) atoms. The van der Waals surface area contributed by atoms with Crippen molar-refractivity contribution in [1.29, 1.82) is 0 Å². The number of primary sulfonamides is 1. The van der Waals surface area contributed by atoms with E-state index < -0.39 is 10.0 Å². The summed E-state index contributed by atoms with van der Waals surface area (Å²) in [6.07, 6.45) is 2.46. The predicted octanol–water partition coefficient (Wildman–Crippen LogP) is 2.40. The molecule has 1 saturated heterocycles. The third-order valence-corrected chi connectivity index (χ3v) is 5.23. The van der Waals surface area contributed by atoms with Gasteiger partial charge in [0.25, 0.3) is 0 Å². The molecule has 0 aromatic heterocycles.